The Morgan fingerprint density at radius 1 is 1.12 bits per heavy atom. The molecule has 4 nitrogen and oxygen atoms in total. The van der Waals surface area contributed by atoms with E-state index in [1.54, 1.807) is 18.2 Å². The summed E-state index contributed by atoms with van der Waals surface area (Å²) >= 11 is 3.25. The largest absolute Gasteiger partial charge is 0.408 e. The van der Waals surface area contributed by atoms with Crippen LogP contribution in [0, 0.1) is 10.1 Å². The van der Waals surface area contributed by atoms with Gasteiger partial charge in [0.05, 0.1) is 0 Å². The molecule has 25 heavy (non-hydrogen) atoms. The van der Waals surface area contributed by atoms with Crippen molar-refractivity contribution in [3.63, 3.8) is 0 Å². The normalized spacial score (nSPS) is 14.4. The Hall–Kier alpha value is -2.35. The molecule has 8 heteroatoms. The van der Waals surface area contributed by atoms with Gasteiger partial charge in [-0.1, -0.05) is 46.3 Å². The lowest BCUT2D eigenvalue weighted by Crippen LogP contribution is -2.48. The zero-order chi connectivity index (χ0) is 18.2. The fourth-order valence-corrected chi connectivity index (χ4v) is 3.46. The quantitative estimate of drug-likeness (QED) is 0.481. The zero-order valence-corrected chi connectivity index (χ0v) is 14.3. The van der Waals surface area contributed by atoms with Crippen LogP contribution in [0.25, 0.3) is 10.9 Å². The van der Waals surface area contributed by atoms with Crippen molar-refractivity contribution in [1.82, 2.24) is 4.98 Å². The van der Waals surface area contributed by atoms with Crippen LogP contribution in [0.5, 0.6) is 0 Å². The maximum atomic E-state index is 14.3. The molecule has 0 bridgehead atoms. The first kappa shape index (κ1) is 17.5. The van der Waals surface area contributed by atoms with E-state index in [1.165, 1.54) is 36.5 Å². The van der Waals surface area contributed by atoms with Gasteiger partial charge in [0.25, 0.3) is 0 Å². The van der Waals surface area contributed by atoms with Gasteiger partial charge in [0, 0.05) is 32.1 Å². The second-order valence-electron chi connectivity index (χ2n) is 5.65. The molecule has 3 rings (SSSR count). The van der Waals surface area contributed by atoms with Crippen molar-refractivity contribution >= 4 is 26.8 Å². The van der Waals surface area contributed by atoms with Gasteiger partial charge in [-0.25, -0.2) is 0 Å². The number of nitrogens with zero attached hydrogens (tertiary/aromatic N) is 1. The molecule has 0 radical (unpaired) electrons. The van der Waals surface area contributed by atoms with Crippen molar-refractivity contribution in [3.8, 4) is 0 Å². The number of aromatic amines is 1. The summed E-state index contributed by atoms with van der Waals surface area (Å²) in [6.07, 6.45) is -3.65. The molecule has 0 fully saturated rings. The number of hydrogen-bond acceptors (Lipinski definition) is 2. The summed E-state index contributed by atoms with van der Waals surface area (Å²) in [4.78, 5) is 13.1. The van der Waals surface area contributed by atoms with Crippen LogP contribution in [0.4, 0.5) is 13.2 Å². The maximum Gasteiger partial charge on any atom is 0.408 e. The van der Waals surface area contributed by atoms with E-state index in [4.69, 9.17) is 0 Å². The molecule has 0 aliphatic heterocycles. The Morgan fingerprint density at radius 3 is 2.40 bits per heavy atom. The molecule has 3 aromatic rings. The number of rotatable bonds is 4. The summed E-state index contributed by atoms with van der Waals surface area (Å²) in [5, 5.41) is 11.5. The van der Waals surface area contributed by atoms with E-state index in [2.05, 4.69) is 20.9 Å². The number of alkyl halides is 3. The van der Waals surface area contributed by atoms with Crippen LogP contribution in [0.15, 0.2) is 59.2 Å². The SMILES string of the molecule is O=[N+]([O-])C[C@@](c1ccccc1)(c1c[nH]c2ccc(Br)cc12)C(F)(F)F. The number of aromatic nitrogens is 1. The summed E-state index contributed by atoms with van der Waals surface area (Å²) in [6, 6.07) is 11.9. The first-order valence-corrected chi connectivity index (χ1v) is 8.06. The Kier molecular flexibility index (Phi) is 4.32. The summed E-state index contributed by atoms with van der Waals surface area (Å²) < 4.78 is 43.4. The molecular formula is C17H12BrF3N2O2. The molecule has 0 aliphatic carbocycles. The van der Waals surface area contributed by atoms with Crippen LogP contribution in [0.1, 0.15) is 11.1 Å². The van der Waals surface area contributed by atoms with E-state index in [9.17, 15) is 23.3 Å². The zero-order valence-electron chi connectivity index (χ0n) is 12.7. The lowest BCUT2D eigenvalue weighted by atomic mass is 9.73. The number of benzene rings is 2. The highest BCUT2D eigenvalue weighted by Gasteiger charge is 2.61. The molecule has 1 N–H and O–H groups in total. The van der Waals surface area contributed by atoms with E-state index in [-0.39, 0.29) is 16.5 Å². The van der Waals surface area contributed by atoms with E-state index >= 15 is 0 Å². The molecule has 1 heterocycles. The smallest absolute Gasteiger partial charge is 0.361 e. The van der Waals surface area contributed by atoms with Gasteiger partial charge in [-0.15, -0.1) is 0 Å². The Balaban J connectivity index is 2.40. The topological polar surface area (TPSA) is 58.9 Å². The van der Waals surface area contributed by atoms with Crippen molar-refractivity contribution in [2.24, 2.45) is 0 Å². The van der Waals surface area contributed by atoms with Gasteiger partial charge < -0.3 is 4.98 Å². The first-order chi connectivity index (χ1) is 11.8. The van der Waals surface area contributed by atoms with Gasteiger partial charge in [0.15, 0.2) is 5.41 Å². The number of nitrogens with one attached hydrogen (secondary N) is 1. The molecule has 2 aromatic carbocycles. The number of fused-ring (bicyclic) bond motifs is 1. The van der Waals surface area contributed by atoms with E-state index < -0.39 is 23.1 Å². The summed E-state index contributed by atoms with van der Waals surface area (Å²) in [5.74, 6) is 0. The van der Waals surface area contributed by atoms with Crippen LogP contribution in [0.2, 0.25) is 0 Å². The van der Waals surface area contributed by atoms with Crippen molar-refractivity contribution < 1.29 is 18.1 Å². The van der Waals surface area contributed by atoms with Gasteiger partial charge in [-0.05, 0) is 23.8 Å². The Bertz CT molecular complexity index is 925. The highest BCUT2D eigenvalue weighted by atomic mass is 79.9. The third-order valence-corrected chi connectivity index (χ3v) is 4.71. The fraction of sp³-hybridized carbons (Fsp3) is 0.176. The minimum Gasteiger partial charge on any atom is -0.361 e. The van der Waals surface area contributed by atoms with Crippen LogP contribution < -0.4 is 0 Å². The molecule has 1 aromatic heterocycles. The predicted molar refractivity (Wildman–Crippen MR) is 91.1 cm³/mol. The molecule has 0 spiro atoms. The van der Waals surface area contributed by atoms with Crippen LogP contribution in [0.3, 0.4) is 0 Å². The first-order valence-electron chi connectivity index (χ1n) is 7.27. The number of nitro groups is 1. The summed E-state index contributed by atoms with van der Waals surface area (Å²) in [6.45, 7) is -1.29. The lowest BCUT2D eigenvalue weighted by Gasteiger charge is -2.32. The molecular weight excluding hydrogens is 401 g/mol. The number of halogens is 4. The molecule has 0 saturated carbocycles. The second kappa shape index (κ2) is 6.18. The molecule has 1 atom stereocenters. The van der Waals surface area contributed by atoms with Gasteiger partial charge >= 0.3 is 6.18 Å². The van der Waals surface area contributed by atoms with Crippen LogP contribution in [-0.4, -0.2) is 22.6 Å². The number of H-pyrrole nitrogens is 1. The maximum absolute atomic E-state index is 14.3. The van der Waals surface area contributed by atoms with E-state index in [0.29, 0.717) is 9.99 Å². The van der Waals surface area contributed by atoms with E-state index in [0.717, 1.165) is 0 Å². The van der Waals surface area contributed by atoms with Crippen LogP contribution >= 0.6 is 15.9 Å². The minimum absolute atomic E-state index is 0.167. The average molecular weight is 413 g/mol. The lowest BCUT2D eigenvalue weighted by molar-refractivity contribution is -0.498. The molecule has 0 unspecified atom stereocenters. The van der Waals surface area contributed by atoms with Gasteiger partial charge in [0.1, 0.15) is 0 Å². The molecule has 0 aliphatic rings. The van der Waals surface area contributed by atoms with Gasteiger partial charge in [0.2, 0.25) is 6.54 Å². The Morgan fingerprint density at radius 2 is 1.80 bits per heavy atom. The highest BCUT2D eigenvalue weighted by Crippen LogP contribution is 2.48. The Labute approximate surface area is 148 Å². The predicted octanol–water partition coefficient (Wildman–Crippen LogP) is 5.06. The van der Waals surface area contributed by atoms with Crippen molar-refractivity contribution in [2.45, 2.75) is 11.6 Å². The average Bonchev–Trinajstić information content (AvgIpc) is 2.95. The second-order valence-corrected chi connectivity index (χ2v) is 6.57. The fourth-order valence-electron chi connectivity index (χ4n) is 3.10. The molecule has 130 valence electrons. The summed E-state index contributed by atoms with van der Waals surface area (Å²) in [5.41, 5.74) is -2.61. The van der Waals surface area contributed by atoms with Crippen molar-refractivity contribution in [3.05, 3.63) is 80.4 Å². The van der Waals surface area contributed by atoms with Crippen molar-refractivity contribution in [1.29, 1.82) is 0 Å². The highest BCUT2D eigenvalue weighted by molar-refractivity contribution is 9.10. The van der Waals surface area contributed by atoms with Crippen molar-refractivity contribution in [2.75, 3.05) is 6.54 Å². The summed E-state index contributed by atoms with van der Waals surface area (Å²) in [7, 11) is 0. The van der Waals surface area contributed by atoms with E-state index in [1.807, 2.05) is 0 Å². The molecule has 0 saturated heterocycles. The monoisotopic (exact) mass is 412 g/mol. The third kappa shape index (κ3) is 2.90. The molecule has 0 amide bonds. The van der Waals surface area contributed by atoms with Gasteiger partial charge in [-0.3, -0.25) is 10.1 Å². The van der Waals surface area contributed by atoms with Gasteiger partial charge in [-0.2, -0.15) is 13.2 Å². The number of hydrogen-bond donors (Lipinski definition) is 1. The third-order valence-electron chi connectivity index (χ3n) is 4.22. The minimum atomic E-state index is -4.86. The standard InChI is InChI=1S/C17H12BrF3N2O2/c18-12-6-7-15-13(8-12)14(9-22-15)16(10-23(24)25,17(19,20)21)11-4-2-1-3-5-11/h1-9,22H,10H2/t16-/m1/s1. The van der Waals surface area contributed by atoms with Crippen LogP contribution in [-0.2, 0) is 5.41 Å².